The molecule has 0 aliphatic carbocycles. The number of hydrogen-bond donors (Lipinski definition) is 0. The first kappa shape index (κ1) is 15.7. The van der Waals surface area contributed by atoms with Crippen molar-refractivity contribution in [1.82, 2.24) is 9.21 Å². The lowest BCUT2D eigenvalue weighted by atomic mass is 10.2. The number of benzene rings is 1. The van der Waals surface area contributed by atoms with Crippen LogP contribution in [-0.4, -0.2) is 49.7 Å². The van der Waals surface area contributed by atoms with Gasteiger partial charge in [0.1, 0.15) is 0 Å². The highest BCUT2D eigenvalue weighted by Crippen LogP contribution is 2.22. The van der Waals surface area contributed by atoms with Gasteiger partial charge in [-0.2, -0.15) is 4.31 Å². The zero-order valence-corrected chi connectivity index (χ0v) is 13.2. The second-order valence-corrected chi connectivity index (χ2v) is 7.11. The Morgan fingerprint density at radius 2 is 1.81 bits per heavy atom. The number of nitrogens with zero attached hydrogens (tertiary/aromatic N) is 2. The van der Waals surface area contributed by atoms with Crippen LogP contribution in [0.1, 0.15) is 11.1 Å². The molecule has 1 aliphatic rings. The van der Waals surface area contributed by atoms with E-state index in [4.69, 9.17) is 0 Å². The molecule has 1 saturated heterocycles. The Morgan fingerprint density at radius 1 is 1.19 bits per heavy atom. The van der Waals surface area contributed by atoms with E-state index in [9.17, 15) is 13.2 Å². The largest absolute Gasteiger partial charge is 0.337 e. The van der Waals surface area contributed by atoms with Gasteiger partial charge in [0.25, 0.3) is 0 Å². The molecular formula is C15H20N2O3S. The summed E-state index contributed by atoms with van der Waals surface area (Å²) >= 11 is 0. The molecule has 0 N–H and O–H groups in total. The van der Waals surface area contributed by atoms with Gasteiger partial charge in [0, 0.05) is 26.2 Å². The Bertz CT molecular complexity index is 659. The normalized spacial score (nSPS) is 16.8. The van der Waals surface area contributed by atoms with Gasteiger partial charge < -0.3 is 4.90 Å². The van der Waals surface area contributed by atoms with Crippen LogP contribution in [0.3, 0.4) is 0 Å². The lowest BCUT2D eigenvalue weighted by Gasteiger charge is -2.33. The standard InChI is InChI=1S/C15H20N2O3S/c1-4-15(18)16-7-9-17(10-8-16)21(19,20)14-6-5-12(2)11-13(14)3/h4-6,11H,1,7-10H2,2-3H3. The fourth-order valence-corrected chi connectivity index (χ4v) is 4.13. The van der Waals surface area contributed by atoms with Crippen LogP contribution in [0.4, 0.5) is 0 Å². The predicted octanol–water partition coefficient (Wildman–Crippen LogP) is 1.32. The third kappa shape index (κ3) is 3.16. The molecule has 1 fully saturated rings. The van der Waals surface area contributed by atoms with E-state index in [1.54, 1.807) is 24.0 Å². The van der Waals surface area contributed by atoms with E-state index in [1.807, 2.05) is 13.0 Å². The van der Waals surface area contributed by atoms with Crippen molar-refractivity contribution in [2.75, 3.05) is 26.2 Å². The minimum Gasteiger partial charge on any atom is -0.337 e. The van der Waals surface area contributed by atoms with E-state index in [0.29, 0.717) is 31.1 Å². The SMILES string of the molecule is C=CC(=O)N1CCN(S(=O)(=O)c2ccc(C)cc2C)CC1. The highest BCUT2D eigenvalue weighted by Gasteiger charge is 2.30. The van der Waals surface area contributed by atoms with Crippen LogP contribution < -0.4 is 0 Å². The average molecular weight is 308 g/mol. The molecule has 0 unspecified atom stereocenters. The van der Waals surface area contributed by atoms with Crippen LogP contribution in [0.15, 0.2) is 35.7 Å². The predicted molar refractivity (Wildman–Crippen MR) is 81.5 cm³/mol. The minimum atomic E-state index is -3.50. The Balaban J connectivity index is 2.18. The summed E-state index contributed by atoms with van der Waals surface area (Å²) < 4.78 is 26.8. The highest BCUT2D eigenvalue weighted by molar-refractivity contribution is 7.89. The van der Waals surface area contributed by atoms with Gasteiger partial charge in [-0.3, -0.25) is 4.79 Å². The van der Waals surface area contributed by atoms with E-state index in [-0.39, 0.29) is 5.91 Å². The Labute approximate surface area is 125 Å². The zero-order chi connectivity index (χ0) is 15.6. The molecule has 21 heavy (non-hydrogen) atoms. The summed E-state index contributed by atoms with van der Waals surface area (Å²) in [6.07, 6.45) is 1.26. The van der Waals surface area contributed by atoms with Crippen molar-refractivity contribution in [2.24, 2.45) is 0 Å². The van der Waals surface area contributed by atoms with Crippen LogP contribution >= 0.6 is 0 Å². The molecule has 0 bridgehead atoms. The molecule has 1 aromatic carbocycles. The number of sulfonamides is 1. The molecule has 0 spiro atoms. The quantitative estimate of drug-likeness (QED) is 0.791. The van der Waals surface area contributed by atoms with Crippen LogP contribution in [-0.2, 0) is 14.8 Å². The fraction of sp³-hybridized carbons (Fsp3) is 0.400. The molecule has 1 heterocycles. The number of carbonyl (C=O) groups is 1. The van der Waals surface area contributed by atoms with Crippen molar-refractivity contribution < 1.29 is 13.2 Å². The van der Waals surface area contributed by atoms with Crippen LogP contribution in [0.2, 0.25) is 0 Å². The summed E-state index contributed by atoms with van der Waals surface area (Å²) in [5, 5.41) is 0. The third-order valence-electron chi connectivity index (χ3n) is 3.67. The van der Waals surface area contributed by atoms with Gasteiger partial charge in [0.05, 0.1) is 4.90 Å². The molecule has 1 aliphatic heterocycles. The van der Waals surface area contributed by atoms with E-state index in [1.165, 1.54) is 10.4 Å². The summed E-state index contributed by atoms with van der Waals surface area (Å²) in [6, 6.07) is 5.32. The van der Waals surface area contributed by atoms with Gasteiger partial charge in [0.2, 0.25) is 15.9 Å². The first-order valence-corrected chi connectivity index (χ1v) is 8.29. The molecule has 0 aromatic heterocycles. The van der Waals surface area contributed by atoms with E-state index in [0.717, 1.165) is 11.1 Å². The fourth-order valence-electron chi connectivity index (χ4n) is 2.51. The summed E-state index contributed by atoms with van der Waals surface area (Å²) in [6.45, 7) is 8.61. The van der Waals surface area contributed by atoms with E-state index in [2.05, 4.69) is 6.58 Å². The van der Waals surface area contributed by atoms with Gasteiger partial charge in [-0.1, -0.05) is 24.3 Å². The molecule has 0 atom stereocenters. The number of amides is 1. The zero-order valence-electron chi connectivity index (χ0n) is 12.4. The van der Waals surface area contributed by atoms with Gasteiger partial charge in [0.15, 0.2) is 0 Å². The maximum absolute atomic E-state index is 12.7. The number of aryl methyl sites for hydroxylation is 2. The second-order valence-electron chi connectivity index (χ2n) is 5.20. The van der Waals surface area contributed by atoms with Gasteiger partial charge in [-0.15, -0.1) is 0 Å². The Morgan fingerprint density at radius 3 is 2.33 bits per heavy atom. The third-order valence-corrected chi connectivity index (χ3v) is 5.73. The lowest BCUT2D eigenvalue weighted by molar-refractivity contribution is -0.127. The molecule has 2 rings (SSSR count). The van der Waals surface area contributed by atoms with Crippen molar-refractivity contribution in [2.45, 2.75) is 18.7 Å². The average Bonchev–Trinajstić information content (AvgIpc) is 2.46. The van der Waals surface area contributed by atoms with Crippen molar-refractivity contribution in [1.29, 1.82) is 0 Å². The number of carbonyl (C=O) groups excluding carboxylic acids is 1. The number of piperazine rings is 1. The molecular weight excluding hydrogens is 288 g/mol. The maximum Gasteiger partial charge on any atom is 0.246 e. The smallest absolute Gasteiger partial charge is 0.246 e. The van der Waals surface area contributed by atoms with E-state index < -0.39 is 10.0 Å². The Hall–Kier alpha value is -1.66. The van der Waals surface area contributed by atoms with Crippen molar-refractivity contribution in [3.05, 3.63) is 42.0 Å². The minimum absolute atomic E-state index is 0.154. The van der Waals surface area contributed by atoms with Crippen LogP contribution in [0.25, 0.3) is 0 Å². The summed E-state index contributed by atoms with van der Waals surface area (Å²) in [7, 11) is -3.50. The molecule has 1 amide bonds. The summed E-state index contributed by atoms with van der Waals surface area (Å²) in [4.78, 5) is 13.5. The molecule has 1 aromatic rings. The summed E-state index contributed by atoms with van der Waals surface area (Å²) in [5.74, 6) is -0.154. The summed E-state index contributed by atoms with van der Waals surface area (Å²) in [5.41, 5.74) is 1.78. The lowest BCUT2D eigenvalue weighted by Crippen LogP contribution is -2.50. The van der Waals surface area contributed by atoms with Crippen LogP contribution in [0, 0.1) is 13.8 Å². The highest BCUT2D eigenvalue weighted by atomic mass is 32.2. The van der Waals surface area contributed by atoms with Gasteiger partial charge in [-0.25, -0.2) is 8.42 Å². The van der Waals surface area contributed by atoms with Gasteiger partial charge >= 0.3 is 0 Å². The number of hydrogen-bond acceptors (Lipinski definition) is 3. The molecule has 0 saturated carbocycles. The van der Waals surface area contributed by atoms with Gasteiger partial charge in [-0.05, 0) is 31.6 Å². The van der Waals surface area contributed by atoms with Crippen molar-refractivity contribution in [3.63, 3.8) is 0 Å². The molecule has 5 nitrogen and oxygen atoms in total. The first-order chi connectivity index (χ1) is 9.86. The number of rotatable bonds is 3. The Kier molecular flexibility index (Phi) is 4.49. The van der Waals surface area contributed by atoms with Crippen LogP contribution in [0.5, 0.6) is 0 Å². The molecule has 6 heteroatoms. The maximum atomic E-state index is 12.7. The molecule has 0 radical (unpaired) electrons. The topological polar surface area (TPSA) is 57.7 Å². The van der Waals surface area contributed by atoms with Crippen molar-refractivity contribution in [3.8, 4) is 0 Å². The first-order valence-electron chi connectivity index (χ1n) is 6.85. The van der Waals surface area contributed by atoms with Crippen molar-refractivity contribution >= 4 is 15.9 Å². The molecule has 114 valence electrons. The second kappa shape index (κ2) is 5.99. The van der Waals surface area contributed by atoms with E-state index >= 15 is 0 Å². The monoisotopic (exact) mass is 308 g/mol.